The van der Waals surface area contributed by atoms with Crippen molar-refractivity contribution in [2.75, 3.05) is 52.9 Å². The largest absolute Gasteiger partial charge is 0.353 e. The van der Waals surface area contributed by atoms with Gasteiger partial charge in [-0.05, 0) is 43.4 Å². The van der Waals surface area contributed by atoms with Gasteiger partial charge in [-0.25, -0.2) is 0 Å². The summed E-state index contributed by atoms with van der Waals surface area (Å²) in [4.78, 5) is 23.7. The second-order valence-electron chi connectivity index (χ2n) is 8.40. The van der Waals surface area contributed by atoms with Gasteiger partial charge in [-0.3, -0.25) is 14.7 Å². The summed E-state index contributed by atoms with van der Waals surface area (Å²) in [7, 11) is 1.85. The van der Waals surface area contributed by atoms with Crippen LogP contribution in [0.1, 0.15) is 37.2 Å². The molecule has 3 aliphatic rings. The van der Waals surface area contributed by atoms with E-state index in [0.717, 1.165) is 69.5 Å². The minimum atomic E-state index is 0.294. The van der Waals surface area contributed by atoms with Crippen LogP contribution >= 0.6 is 11.6 Å². The number of carbonyl (C=O) groups is 1. The van der Waals surface area contributed by atoms with Crippen LogP contribution in [0.15, 0.2) is 29.3 Å². The Kier molecular flexibility index (Phi) is 6.60. The number of nitrogens with zero attached hydrogens (tertiary/aromatic N) is 4. The Bertz CT molecular complexity index is 740. The van der Waals surface area contributed by atoms with Crippen molar-refractivity contribution in [2.24, 2.45) is 4.99 Å². The minimum absolute atomic E-state index is 0.294. The highest BCUT2D eigenvalue weighted by molar-refractivity contribution is 6.30. The first kappa shape index (κ1) is 20.5. The molecule has 6 nitrogen and oxygen atoms in total. The molecule has 1 amide bonds. The Balaban J connectivity index is 1.23. The maximum Gasteiger partial charge on any atom is 0.236 e. The van der Waals surface area contributed by atoms with Gasteiger partial charge in [-0.1, -0.05) is 23.7 Å². The van der Waals surface area contributed by atoms with Crippen molar-refractivity contribution < 1.29 is 4.79 Å². The Labute approximate surface area is 178 Å². The van der Waals surface area contributed by atoms with Gasteiger partial charge in [0.1, 0.15) is 0 Å². The lowest BCUT2D eigenvalue weighted by molar-refractivity contribution is -0.133. The van der Waals surface area contributed by atoms with E-state index >= 15 is 0 Å². The van der Waals surface area contributed by atoms with Gasteiger partial charge >= 0.3 is 0 Å². The molecule has 4 rings (SSSR count). The zero-order valence-electron chi connectivity index (χ0n) is 17.3. The smallest absolute Gasteiger partial charge is 0.236 e. The molecule has 3 fully saturated rings. The van der Waals surface area contributed by atoms with Gasteiger partial charge in [0.25, 0.3) is 0 Å². The zero-order valence-corrected chi connectivity index (χ0v) is 18.1. The highest BCUT2D eigenvalue weighted by atomic mass is 35.5. The molecular weight excluding hydrogens is 386 g/mol. The lowest BCUT2D eigenvalue weighted by Gasteiger charge is -2.37. The number of guanidine groups is 1. The molecule has 0 radical (unpaired) electrons. The number of amides is 1. The fourth-order valence-corrected chi connectivity index (χ4v) is 4.67. The number of carbonyl (C=O) groups excluding carboxylic acids is 1. The zero-order chi connectivity index (χ0) is 20.2. The second-order valence-corrected chi connectivity index (χ2v) is 8.84. The Morgan fingerprint density at radius 1 is 1.10 bits per heavy atom. The molecule has 1 saturated carbocycles. The summed E-state index contributed by atoms with van der Waals surface area (Å²) < 4.78 is 0. The molecule has 0 aromatic heterocycles. The van der Waals surface area contributed by atoms with Crippen molar-refractivity contribution in [3.05, 3.63) is 34.9 Å². The van der Waals surface area contributed by atoms with Gasteiger partial charge in [-0.2, -0.15) is 0 Å². The van der Waals surface area contributed by atoms with E-state index in [9.17, 15) is 4.79 Å². The molecule has 1 aromatic rings. The number of piperazine rings is 1. The topological polar surface area (TPSA) is 51.2 Å². The maximum atomic E-state index is 12.5. The first-order valence-corrected chi connectivity index (χ1v) is 11.3. The van der Waals surface area contributed by atoms with Crippen LogP contribution in [0, 0.1) is 0 Å². The number of likely N-dealkylation sites (tertiary alicyclic amines) is 1. The molecule has 0 bridgehead atoms. The summed E-state index contributed by atoms with van der Waals surface area (Å²) in [6.07, 6.45) is 4.68. The van der Waals surface area contributed by atoms with Crippen LogP contribution in [0.2, 0.25) is 5.02 Å². The van der Waals surface area contributed by atoms with E-state index in [2.05, 4.69) is 32.2 Å². The van der Waals surface area contributed by atoms with Crippen molar-refractivity contribution in [2.45, 2.75) is 37.6 Å². The Morgan fingerprint density at radius 3 is 2.55 bits per heavy atom. The monoisotopic (exact) mass is 417 g/mol. The molecule has 1 aromatic carbocycles. The lowest BCUT2D eigenvalue weighted by atomic mass is 10.1. The van der Waals surface area contributed by atoms with Gasteiger partial charge < -0.3 is 15.1 Å². The molecule has 2 unspecified atom stereocenters. The fraction of sp³-hybridized carbons (Fsp3) is 0.636. The standard InChI is InChI=1S/C22H32ClN5O/c1-24-22(25-20-15-19(20)17-6-5-7-18(23)14-17)28-12-10-26(11-13-28)16-21(29)27-8-3-2-4-9-27/h5-7,14,19-20H,2-4,8-13,15-16H2,1H3,(H,24,25). The van der Waals surface area contributed by atoms with Crippen LogP contribution in [0.4, 0.5) is 0 Å². The fourth-order valence-electron chi connectivity index (χ4n) is 4.48. The van der Waals surface area contributed by atoms with E-state index in [4.69, 9.17) is 11.6 Å². The highest BCUT2D eigenvalue weighted by Gasteiger charge is 2.40. The summed E-state index contributed by atoms with van der Waals surface area (Å²) >= 11 is 6.13. The number of hydrogen-bond donors (Lipinski definition) is 1. The number of benzene rings is 1. The first-order chi connectivity index (χ1) is 14.1. The summed E-state index contributed by atoms with van der Waals surface area (Å²) in [6.45, 7) is 6.04. The SMILES string of the molecule is CN=C(NC1CC1c1cccc(Cl)c1)N1CCN(CC(=O)N2CCCCC2)CC1. The molecular formula is C22H32ClN5O. The third-order valence-corrected chi connectivity index (χ3v) is 6.57. The van der Waals surface area contributed by atoms with Crippen LogP contribution in [0.3, 0.4) is 0 Å². The summed E-state index contributed by atoms with van der Waals surface area (Å²) in [5, 5.41) is 4.42. The Morgan fingerprint density at radius 2 is 1.86 bits per heavy atom. The maximum absolute atomic E-state index is 12.5. The van der Waals surface area contributed by atoms with Crippen molar-refractivity contribution in [1.29, 1.82) is 0 Å². The quantitative estimate of drug-likeness (QED) is 0.603. The predicted octanol–water partition coefficient (Wildman–Crippen LogP) is 2.40. The van der Waals surface area contributed by atoms with Gasteiger partial charge in [0.15, 0.2) is 5.96 Å². The molecule has 0 spiro atoms. The van der Waals surface area contributed by atoms with E-state index in [0.29, 0.717) is 24.4 Å². The molecule has 7 heteroatoms. The third-order valence-electron chi connectivity index (χ3n) is 6.33. The van der Waals surface area contributed by atoms with Crippen molar-refractivity contribution in [1.82, 2.24) is 20.0 Å². The van der Waals surface area contributed by atoms with Crippen LogP contribution in [0.25, 0.3) is 0 Å². The molecule has 1 N–H and O–H groups in total. The molecule has 158 valence electrons. The lowest BCUT2D eigenvalue weighted by Crippen LogP contribution is -2.54. The van der Waals surface area contributed by atoms with E-state index in [1.807, 2.05) is 24.1 Å². The number of halogens is 1. The number of aliphatic imine (C=N–C) groups is 1. The van der Waals surface area contributed by atoms with Gasteiger partial charge in [0, 0.05) is 63.3 Å². The van der Waals surface area contributed by atoms with Crippen LogP contribution in [-0.2, 0) is 4.79 Å². The molecule has 2 atom stereocenters. The van der Waals surface area contributed by atoms with Crippen molar-refractivity contribution >= 4 is 23.5 Å². The van der Waals surface area contributed by atoms with Gasteiger partial charge in [0.05, 0.1) is 6.54 Å². The van der Waals surface area contributed by atoms with Crippen LogP contribution < -0.4 is 5.32 Å². The third kappa shape index (κ3) is 5.23. The minimum Gasteiger partial charge on any atom is -0.353 e. The summed E-state index contributed by atoms with van der Waals surface area (Å²) in [5.74, 6) is 1.78. The predicted molar refractivity (Wildman–Crippen MR) is 118 cm³/mol. The molecule has 2 aliphatic heterocycles. The van der Waals surface area contributed by atoms with Crippen molar-refractivity contribution in [3.8, 4) is 0 Å². The number of nitrogens with one attached hydrogen (secondary N) is 1. The van der Waals surface area contributed by atoms with Crippen LogP contribution in [0.5, 0.6) is 0 Å². The normalized spacial score (nSPS) is 25.8. The molecule has 2 heterocycles. The first-order valence-electron chi connectivity index (χ1n) is 10.9. The molecule has 1 aliphatic carbocycles. The van der Waals surface area contributed by atoms with E-state index in [1.165, 1.54) is 12.0 Å². The second kappa shape index (κ2) is 9.35. The summed E-state index contributed by atoms with van der Waals surface area (Å²) in [5.41, 5.74) is 1.30. The average Bonchev–Trinajstić information content (AvgIpc) is 3.53. The average molecular weight is 418 g/mol. The number of rotatable bonds is 4. The van der Waals surface area contributed by atoms with E-state index in [-0.39, 0.29) is 0 Å². The van der Waals surface area contributed by atoms with E-state index in [1.54, 1.807) is 0 Å². The molecule has 29 heavy (non-hydrogen) atoms. The van der Waals surface area contributed by atoms with Crippen molar-refractivity contribution in [3.63, 3.8) is 0 Å². The highest BCUT2D eigenvalue weighted by Crippen LogP contribution is 2.41. The summed E-state index contributed by atoms with van der Waals surface area (Å²) in [6, 6.07) is 8.58. The van der Waals surface area contributed by atoms with Gasteiger partial charge in [0.2, 0.25) is 5.91 Å². The Hall–Kier alpha value is -1.79. The number of piperidine rings is 1. The van der Waals surface area contributed by atoms with E-state index < -0.39 is 0 Å². The van der Waals surface area contributed by atoms with Crippen LogP contribution in [-0.4, -0.2) is 85.5 Å². The molecule has 2 saturated heterocycles. The number of hydrogen-bond acceptors (Lipinski definition) is 3. The van der Waals surface area contributed by atoms with Gasteiger partial charge in [-0.15, -0.1) is 0 Å².